The van der Waals surface area contributed by atoms with Crippen molar-refractivity contribution in [1.29, 1.82) is 0 Å². The largest absolute Gasteiger partial charge is 0.386 e. The number of hydrogen-bond donors (Lipinski definition) is 2. The molecule has 0 aliphatic heterocycles. The average molecular weight is 285 g/mol. The molecule has 112 valence electrons. The number of nitrogens with one attached hydrogen (secondary N) is 1. The zero-order chi connectivity index (χ0) is 15.5. The Morgan fingerprint density at radius 3 is 2.45 bits per heavy atom. The quantitative estimate of drug-likeness (QED) is 0.874. The Hall–Kier alpha value is -1.49. The number of aliphatic hydroxyl groups excluding tert-OH is 1. The van der Waals surface area contributed by atoms with Crippen molar-refractivity contribution in [3.8, 4) is 0 Å². The maximum absolute atomic E-state index is 13.1. The van der Waals surface area contributed by atoms with Gasteiger partial charge in [0.05, 0.1) is 12.1 Å². The predicted octanol–water partition coefficient (Wildman–Crippen LogP) is 2.94. The lowest BCUT2D eigenvalue weighted by Crippen LogP contribution is -2.44. The molecule has 0 aliphatic rings. The van der Waals surface area contributed by atoms with Gasteiger partial charge in [-0.3, -0.25) is 4.79 Å². The van der Waals surface area contributed by atoms with Crippen molar-refractivity contribution in [2.75, 3.05) is 0 Å². The lowest BCUT2D eigenvalue weighted by Gasteiger charge is -2.27. The predicted molar refractivity (Wildman–Crippen MR) is 73.0 cm³/mol. The molecule has 1 aromatic rings. The molecule has 0 fully saturated rings. The number of carbonyl (C=O) groups excluding carboxylic acids is 1. The van der Waals surface area contributed by atoms with E-state index in [0.29, 0.717) is 6.42 Å². The first-order valence-electron chi connectivity index (χ1n) is 6.63. The highest BCUT2D eigenvalue weighted by molar-refractivity contribution is 5.82. The third-order valence-electron chi connectivity index (χ3n) is 3.62. The summed E-state index contributed by atoms with van der Waals surface area (Å²) in [5.41, 5.74) is -0.312. The highest BCUT2D eigenvalue weighted by Gasteiger charge is 2.28. The lowest BCUT2D eigenvalue weighted by molar-refractivity contribution is -0.131. The summed E-state index contributed by atoms with van der Waals surface area (Å²) in [4.78, 5) is 12.0. The molecule has 3 nitrogen and oxygen atoms in total. The zero-order valence-corrected chi connectivity index (χ0v) is 12.2. The van der Waals surface area contributed by atoms with Crippen molar-refractivity contribution in [2.24, 2.45) is 5.41 Å². The topological polar surface area (TPSA) is 49.3 Å². The van der Waals surface area contributed by atoms with Crippen LogP contribution < -0.4 is 5.32 Å². The first kappa shape index (κ1) is 16.6. The molecule has 0 aliphatic carbocycles. The zero-order valence-electron chi connectivity index (χ0n) is 12.2. The summed E-state index contributed by atoms with van der Waals surface area (Å²) in [6.07, 6.45) is -0.436. The van der Waals surface area contributed by atoms with Crippen molar-refractivity contribution < 1.29 is 18.7 Å². The van der Waals surface area contributed by atoms with E-state index in [-0.39, 0.29) is 11.5 Å². The Balaban J connectivity index is 2.79. The maximum atomic E-state index is 13.1. The molecule has 0 radical (unpaired) electrons. The Bertz CT molecular complexity index is 489. The molecule has 2 atom stereocenters. The van der Waals surface area contributed by atoms with E-state index < -0.39 is 29.2 Å². The fraction of sp³-hybridized carbons (Fsp3) is 0.533. The van der Waals surface area contributed by atoms with Crippen LogP contribution in [0.1, 0.15) is 45.8 Å². The van der Waals surface area contributed by atoms with E-state index in [4.69, 9.17) is 0 Å². The minimum atomic E-state index is -1.10. The monoisotopic (exact) mass is 285 g/mol. The fourth-order valence-corrected chi connectivity index (χ4v) is 1.63. The van der Waals surface area contributed by atoms with Crippen LogP contribution in [0.2, 0.25) is 0 Å². The molecule has 0 heterocycles. The number of benzene rings is 1. The van der Waals surface area contributed by atoms with E-state index >= 15 is 0 Å². The molecule has 0 saturated carbocycles. The highest BCUT2D eigenvalue weighted by atomic mass is 19.2. The first-order chi connectivity index (χ1) is 9.19. The SMILES string of the molecule is CCC(C)(C)C(=O)N[C@H](C)[C@@H](O)c1ccc(F)c(F)c1. The van der Waals surface area contributed by atoms with Gasteiger partial charge in [-0.2, -0.15) is 0 Å². The van der Waals surface area contributed by atoms with Crippen LogP contribution in [0.4, 0.5) is 8.78 Å². The van der Waals surface area contributed by atoms with E-state index in [0.717, 1.165) is 12.1 Å². The normalized spacial score (nSPS) is 14.8. The Morgan fingerprint density at radius 2 is 1.95 bits per heavy atom. The van der Waals surface area contributed by atoms with E-state index in [1.807, 2.05) is 6.92 Å². The summed E-state index contributed by atoms with van der Waals surface area (Å²) in [5.74, 6) is -2.17. The van der Waals surface area contributed by atoms with Gasteiger partial charge in [0.15, 0.2) is 11.6 Å². The van der Waals surface area contributed by atoms with E-state index in [2.05, 4.69) is 5.32 Å². The first-order valence-corrected chi connectivity index (χ1v) is 6.63. The van der Waals surface area contributed by atoms with Gasteiger partial charge in [0.1, 0.15) is 0 Å². The van der Waals surface area contributed by atoms with E-state index in [1.165, 1.54) is 6.07 Å². The third kappa shape index (κ3) is 3.76. The molecule has 1 amide bonds. The van der Waals surface area contributed by atoms with Gasteiger partial charge in [-0.05, 0) is 31.0 Å². The second-order valence-electron chi connectivity index (χ2n) is 5.62. The van der Waals surface area contributed by atoms with Gasteiger partial charge < -0.3 is 10.4 Å². The van der Waals surface area contributed by atoms with Gasteiger partial charge in [0, 0.05) is 5.41 Å². The number of rotatable bonds is 5. The van der Waals surface area contributed by atoms with Crippen LogP contribution in [0.5, 0.6) is 0 Å². The minimum Gasteiger partial charge on any atom is -0.386 e. The average Bonchev–Trinajstić information content (AvgIpc) is 2.40. The van der Waals surface area contributed by atoms with Gasteiger partial charge in [0.25, 0.3) is 0 Å². The van der Waals surface area contributed by atoms with Crippen molar-refractivity contribution >= 4 is 5.91 Å². The van der Waals surface area contributed by atoms with Gasteiger partial charge in [-0.1, -0.05) is 26.8 Å². The summed E-state index contributed by atoms with van der Waals surface area (Å²) in [6, 6.07) is 2.60. The number of hydrogen-bond acceptors (Lipinski definition) is 2. The second kappa shape index (κ2) is 6.31. The van der Waals surface area contributed by atoms with Crippen molar-refractivity contribution in [1.82, 2.24) is 5.32 Å². The molecule has 0 unspecified atom stereocenters. The van der Waals surface area contributed by atoms with Crippen LogP contribution in [-0.2, 0) is 4.79 Å². The molecule has 0 spiro atoms. The van der Waals surface area contributed by atoms with Gasteiger partial charge in [-0.15, -0.1) is 0 Å². The van der Waals surface area contributed by atoms with Gasteiger partial charge in [0.2, 0.25) is 5.91 Å². The van der Waals surface area contributed by atoms with E-state index in [1.54, 1.807) is 20.8 Å². The number of carbonyl (C=O) groups is 1. The molecule has 0 saturated heterocycles. The Labute approximate surface area is 118 Å². The summed E-state index contributed by atoms with van der Waals surface area (Å²) in [6.45, 7) is 7.13. The summed E-state index contributed by atoms with van der Waals surface area (Å²) >= 11 is 0. The molecular weight excluding hydrogens is 264 g/mol. The Kier molecular flexibility index (Phi) is 5.22. The third-order valence-corrected chi connectivity index (χ3v) is 3.62. The molecule has 1 aromatic carbocycles. The highest BCUT2D eigenvalue weighted by Crippen LogP contribution is 2.23. The Morgan fingerprint density at radius 1 is 1.35 bits per heavy atom. The number of halogens is 2. The smallest absolute Gasteiger partial charge is 0.225 e. The minimum absolute atomic E-state index is 0.186. The lowest BCUT2D eigenvalue weighted by atomic mass is 9.88. The van der Waals surface area contributed by atoms with Crippen LogP contribution in [-0.4, -0.2) is 17.1 Å². The maximum Gasteiger partial charge on any atom is 0.225 e. The summed E-state index contributed by atoms with van der Waals surface area (Å²) in [7, 11) is 0. The summed E-state index contributed by atoms with van der Waals surface area (Å²) in [5, 5.41) is 12.8. The number of amides is 1. The standard InChI is InChI=1S/C15H21F2NO2/c1-5-15(3,4)14(20)18-9(2)13(19)10-6-7-11(16)12(17)8-10/h6-9,13,19H,5H2,1-4H3,(H,18,20)/t9-,13-/m1/s1. The van der Waals surface area contributed by atoms with Gasteiger partial charge >= 0.3 is 0 Å². The molecule has 0 bridgehead atoms. The molecule has 0 aromatic heterocycles. The second-order valence-corrected chi connectivity index (χ2v) is 5.62. The van der Waals surface area contributed by atoms with Crippen LogP contribution in [0.3, 0.4) is 0 Å². The number of aliphatic hydroxyl groups is 1. The van der Waals surface area contributed by atoms with Crippen molar-refractivity contribution in [3.05, 3.63) is 35.4 Å². The van der Waals surface area contributed by atoms with Crippen LogP contribution in [0.15, 0.2) is 18.2 Å². The molecule has 5 heteroatoms. The van der Waals surface area contributed by atoms with E-state index in [9.17, 15) is 18.7 Å². The molecular formula is C15H21F2NO2. The van der Waals surface area contributed by atoms with Crippen LogP contribution in [0.25, 0.3) is 0 Å². The van der Waals surface area contributed by atoms with Crippen LogP contribution >= 0.6 is 0 Å². The summed E-state index contributed by atoms with van der Waals surface area (Å²) < 4.78 is 26.0. The molecule has 1 rings (SSSR count). The van der Waals surface area contributed by atoms with Crippen LogP contribution in [0, 0.1) is 17.0 Å². The van der Waals surface area contributed by atoms with Gasteiger partial charge in [-0.25, -0.2) is 8.78 Å². The fourth-order valence-electron chi connectivity index (χ4n) is 1.63. The molecule has 20 heavy (non-hydrogen) atoms. The van der Waals surface area contributed by atoms with Crippen molar-refractivity contribution in [3.63, 3.8) is 0 Å². The molecule has 2 N–H and O–H groups in total. The van der Waals surface area contributed by atoms with Crippen molar-refractivity contribution in [2.45, 2.75) is 46.3 Å².